The van der Waals surface area contributed by atoms with Crippen LogP contribution in [0.4, 0.5) is 5.69 Å². The molecular weight excluding hydrogens is 434 g/mol. The van der Waals surface area contributed by atoms with Gasteiger partial charge in [-0.2, -0.15) is 4.31 Å². The van der Waals surface area contributed by atoms with Gasteiger partial charge in [0.1, 0.15) is 4.90 Å². The lowest BCUT2D eigenvalue weighted by Crippen LogP contribution is -2.48. The Morgan fingerprint density at radius 3 is 2.23 bits per heavy atom. The van der Waals surface area contributed by atoms with Crippen LogP contribution in [0.1, 0.15) is 32.7 Å². The van der Waals surface area contributed by atoms with Gasteiger partial charge in [-0.25, -0.2) is 8.42 Å². The average Bonchev–Trinajstić information content (AvgIpc) is 3.30. The summed E-state index contributed by atoms with van der Waals surface area (Å²) in [5, 5.41) is 3.93. The third kappa shape index (κ3) is 4.05. The van der Waals surface area contributed by atoms with E-state index in [1.165, 1.54) is 11.3 Å². The number of piperazine rings is 1. The third-order valence-electron chi connectivity index (χ3n) is 5.55. The maximum Gasteiger partial charge on any atom is 0.245 e. The average molecular weight is 460 g/mol. The van der Waals surface area contributed by atoms with Gasteiger partial charge in [-0.15, -0.1) is 11.3 Å². The number of ketones is 1. The van der Waals surface area contributed by atoms with E-state index >= 15 is 0 Å². The first kappa shape index (κ1) is 21.7. The van der Waals surface area contributed by atoms with E-state index in [9.17, 15) is 13.2 Å². The first-order valence-corrected chi connectivity index (χ1v) is 12.3. The fourth-order valence-corrected chi connectivity index (χ4v) is 7.20. The fraction of sp³-hybridized carbons (Fsp3) is 0.364. The van der Waals surface area contributed by atoms with Crippen LogP contribution in [0, 0.1) is 20.8 Å². The second kappa shape index (κ2) is 8.22. The Bertz CT molecular complexity index is 1220. The minimum Gasteiger partial charge on any atom is -0.369 e. The molecule has 164 valence electrons. The molecule has 3 aromatic rings. The van der Waals surface area contributed by atoms with Gasteiger partial charge in [0.2, 0.25) is 10.0 Å². The zero-order chi connectivity index (χ0) is 22.3. The van der Waals surface area contributed by atoms with Crippen LogP contribution >= 0.6 is 11.3 Å². The van der Waals surface area contributed by atoms with E-state index in [1.807, 2.05) is 45.0 Å². The van der Waals surface area contributed by atoms with Crippen molar-refractivity contribution in [2.75, 3.05) is 31.1 Å². The molecule has 3 heterocycles. The van der Waals surface area contributed by atoms with Gasteiger partial charge in [-0.1, -0.05) is 5.16 Å². The molecule has 0 unspecified atom stereocenters. The molecule has 9 heteroatoms. The molecule has 1 aliphatic heterocycles. The molecule has 0 radical (unpaired) electrons. The number of carbonyl (C=O) groups is 1. The second-order valence-electron chi connectivity index (χ2n) is 7.75. The summed E-state index contributed by atoms with van der Waals surface area (Å²) in [6, 6.07) is 9.22. The number of hydrogen-bond acceptors (Lipinski definition) is 7. The van der Waals surface area contributed by atoms with Gasteiger partial charge in [-0.3, -0.25) is 4.79 Å². The largest absolute Gasteiger partial charge is 0.369 e. The summed E-state index contributed by atoms with van der Waals surface area (Å²) in [6.07, 6.45) is 0. The molecule has 1 aliphatic rings. The highest BCUT2D eigenvalue weighted by Crippen LogP contribution is 2.40. The monoisotopic (exact) mass is 459 g/mol. The minimum absolute atomic E-state index is 0.0293. The molecule has 2 aromatic heterocycles. The summed E-state index contributed by atoms with van der Waals surface area (Å²) in [6.45, 7) is 9.05. The SMILES string of the molecule is CC(=O)c1ccc(N2CCN(S(=O)(=O)c3c(C)sc(C)c3-c3cc(C)no3)CC2)cc1. The molecule has 31 heavy (non-hydrogen) atoms. The van der Waals surface area contributed by atoms with E-state index in [-0.39, 0.29) is 5.78 Å². The zero-order valence-corrected chi connectivity index (χ0v) is 19.6. The number of carbonyl (C=O) groups excluding carboxylic acids is 1. The predicted molar refractivity (Wildman–Crippen MR) is 121 cm³/mol. The fourth-order valence-electron chi connectivity index (χ4n) is 3.96. The Labute approximate surface area is 186 Å². The van der Waals surface area contributed by atoms with Gasteiger partial charge < -0.3 is 9.42 Å². The Balaban J connectivity index is 1.57. The molecule has 0 atom stereocenters. The summed E-state index contributed by atoms with van der Waals surface area (Å²) in [4.78, 5) is 15.6. The van der Waals surface area contributed by atoms with Crippen molar-refractivity contribution in [3.05, 3.63) is 51.3 Å². The molecule has 0 amide bonds. The number of hydrogen-bond donors (Lipinski definition) is 0. The van der Waals surface area contributed by atoms with E-state index in [0.717, 1.165) is 15.4 Å². The van der Waals surface area contributed by atoms with Crippen LogP contribution in [0.5, 0.6) is 0 Å². The topological polar surface area (TPSA) is 83.7 Å². The normalized spacial score (nSPS) is 15.4. The molecule has 0 saturated carbocycles. The van der Waals surface area contributed by atoms with E-state index in [1.54, 1.807) is 17.3 Å². The lowest BCUT2D eigenvalue weighted by molar-refractivity contribution is 0.101. The maximum atomic E-state index is 13.6. The number of anilines is 1. The number of benzene rings is 1. The highest BCUT2D eigenvalue weighted by molar-refractivity contribution is 7.89. The molecule has 4 rings (SSSR count). The summed E-state index contributed by atoms with van der Waals surface area (Å²) in [5.41, 5.74) is 2.99. The Kier molecular flexibility index (Phi) is 5.76. The number of thiophene rings is 1. The number of nitrogens with zero attached hydrogens (tertiary/aromatic N) is 3. The van der Waals surface area contributed by atoms with Crippen molar-refractivity contribution in [3.63, 3.8) is 0 Å². The van der Waals surface area contributed by atoms with Crippen LogP contribution in [0.2, 0.25) is 0 Å². The standard InChI is InChI=1S/C22H25N3O4S2/c1-14-13-20(29-23-14)21-16(3)30-17(4)22(21)31(27,28)25-11-9-24(10-12-25)19-7-5-18(6-8-19)15(2)26/h5-8,13H,9-12H2,1-4H3. The summed E-state index contributed by atoms with van der Waals surface area (Å²) >= 11 is 1.46. The van der Waals surface area contributed by atoms with E-state index in [4.69, 9.17) is 4.52 Å². The Morgan fingerprint density at radius 2 is 1.68 bits per heavy atom. The predicted octanol–water partition coefficient (Wildman–Crippen LogP) is 4.04. The quantitative estimate of drug-likeness (QED) is 0.536. The number of rotatable bonds is 5. The van der Waals surface area contributed by atoms with Crippen molar-refractivity contribution in [2.45, 2.75) is 32.6 Å². The minimum atomic E-state index is -3.68. The molecule has 1 aromatic carbocycles. The van der Waals surface area contributed by atoms with Gasteiger partial charge >= 0.3 is 0 Å². The molecule has 0 spiro atoms. The molecule has 0 bridgehead atoms. The molecule has 0 aliphatic carbocycles. The molecule has 0 N–H and O–H groups in total. The van der Waals surface area contributed by atoms with E-state index in [0.29, 0.717) is 53.7 Å². The van der Waals surface area contributed by atoms with Crippen LogP contribution in [-0.2, 0) is 10.0 Å². The van der Waals surface area contributed by atoms with Crippen LogP contribution in [-0.4, -0.2) is 49.8 Å². The summed E-state index contributed by atoms with van der Waals surface area (Å²) in [5.74, 6) is 0.517. The van der Waals surface area contributed by atoms with Gasteiger partial charge in [0.05, 0.1) is 11.3 Å². The number of Topliss-reactive ketones (excluding diaryl/α,β-unsaturated/α-hetero) is 1. The van der Waals surface area contributed by atoms with Gasteiger partial charge in [0, 0.05) is 53.3 Å². The van der Waals surface area contributed by atoms with Crippen LogP contribution < -0.4 is 4.90 Å². The van der Waals surface area contributed by atoms with E-state index < -0.39 is 10.0 Å². The summed E-state index contributed by atoms with van der Waals surface area (Å²) < 4.78 is 34.2. The Hall–Kier alpha value is -2.49. The van der Waals surface area contributed by atoms with Crippen molar-refractivity contribution in [1.82, 2.24) is 9.46 Å². The van der Waals surface area contributed by atoms with Crippen LogP contribution in [0.3, 0.4) is 0 Å². The maximum absolute atomic E-state index is 13.6. The van der Waals surface area contributed by atoms with Crippen molar-refractivity contribution >= 4 is 32.8 Å². The highest BCUT2D eigenvalue weighted by atomic mass is 32.2. The first-order valence-electron chi connectivity index (χ1n) is 10.1. The second-order valence-corrected chi connectivity index (χ2v) is 11.0. The van der Waals surface area contributed by atoms with Crippen LogP contribution in [0.25, 0.3) is 11.3 Å². The number of aromatic nitrogens is 1. The lowest BCUT2D eigenvalue weighted by Gasteiger charge is -2.35. The van der Waals surface area contributed by atoms with Gasteiger partial charge in [0.25, 0.3) is 0 Å². The summed E-state index contributed by atoms with van der Waals surface area (Å²) in [7, 11) is -3.68. The lowest BCUT2D eigenvalue weighted by atomic mass is 10.1. The zero-order valence-electron chi connectivity index (χ0n) is 18.0. The molecular formula is C22H25N3O4S2. The van der Waals surface area contributed by atoms with Crippen molar-refractivity contribution in [1.29, 1.82) is 0 Å². The van der Waals surface area contributed by atoms with Gasteiger partial charge in [-0.05, 0) is 52.0 Å². The smallest absolute Gasteiger partial charge is 0.245 e. The van der Waals surface area contributed by atoms with Crippen molar-refractivity contribution in [2.24, 2.45) is 0 Å². The third-order valence-corrected chi connectivity index (χ3v) is 8.78. The Morgan fingerprint density at radius 1 is 1.03 bits per heavy atom. The van der Waals surface area contributed by atoms with Crippen molar-refractivity contribution < 1.29 is 17.7 Å². The van der Waals surface area contributed by atoms with Crippen molar-refractivity contribution in [3.8, 4) is 11.3 Å². The molecule has 1 saturated heterocycles. The first-order chi connectivity index (χ1) is 14.7. The number of sulfonamides is 1. The number of aryl methyl sites for hydroxylation is 3. The van der Waals surface area contributed by atoms with Crippen LogP contribution in [0.15, 0.2) is 39.8 Å². The van der Waals surface area contributed by atoms with E-state index in [2.05, 4.69) is 10.1 Å². The molecule has 1 fully saturated rings. The molecule has 7 nitrogen and oxygen atoms in total. The van der Waals surface area contributed by atoms with Gasteiger partial charge in [0.15, 0.2) is 11.5 Å². The highest BCUT2D eigenvalue weighted by Gasteiger charge is 2.35.